The molecule has 1 aliphatic rings. The Morgan fingerprint density at radius 3 is 2.88 bits per heavy atom. The topological polar surface area (TPSA) is 54.0 Å². The molecule has 3 aromatic rings. The van der Waals surface area contributed by atoms with Crippen molar-refractivity contribution in [1.82, 2.24) is 20.1 Å². The number of nitrogens with one attached hydrogen (secondary N) is 1. The summed E-state index contributed by atoms with van der Waals surface area (Å²) in [7, 11) is 0. The molecular weight excluding hydrogens is 332 g/mol. The maximum Gasteiger partial charge on any atom is 0.102 e. The Kier molecular flexibility index (Phi) is 5.20. The predicted octanol–water partition coefficient (Wildman–Crippen LogP) is 3.71. The van der Waals surface area contributed by atoms with Gasteiger partial charge in [0, 0.05) is 43.1 Å². The summed E-state index contributed by atoms with van der Waals surface area (Å²) in [5, 5.41) is 7.13. The minimum atomic E-state index is 0.361. The van der Waals surface area contributed by atoms with E-state index in [4.69, 9.17) is 4.74 Å². The van der Waals surface area contributed by atoms with E-state index in [1.807, 2.05) is 35.9 Å². The molecule has 0 amide bonds. The Bertz CT molecular complexity index is 764. The number of hydrogen-bond acceptors (Lipinski definition) is 5. The molecule has 0 unspecified atom stereocenters. The van der Waals surface area contributed by atoms with Gasteiger partial charge in [0.25, 0.3) is 0 Å². The third-order valence-electron chi connectivity index (χ3n) is 4.54. The summed E-state index contributed by atoms with van der Waals surface area (Å²) in [4.78, 5) is 9.28. The van der Waals surface area contributed by atoms with Gasteiger partial charge in [-0.15, -0.1) is 11.3 Å². The largest absolute Gasteiger partial charge is 0.373 e. The molecule has 0 aliphatic carbocycles. The Hall–Kier alpha value is -2.02. The Labute approximate surface area is 151 Å². The number of aromatic nitrogens is 3. The van der Waals surface area contributed by atoms with Gasteiger partial charge in [-0.25, -0.2) is 0 Å². The van der Waals surface area contributed by atoms with Crippen LogP contribution in [0.25, 0.3) is 10.6 Å². The zero-order chi connectivity index (χ0) is 16.9. The average molecular weight is 354 g/mol. The van der Waals surface area contributed by atoms with E-state index in [1.165, 1.54) is 9.75 Å². The van der Waals surface area contributed by atoms with Crippen LogP contribution in [0, 0.1) is 0 Å². The molecule has 1 aliphatic heterocycles. The van der Waals surface area contributed by atoms with Gasteiger partial charge < -0.3 is 4.74 Å². The molecule has 0 spiro atoms. The van der Waals surface area contributed by atoms with Crippen LogP contribution in [0.2, 0.25) is 0 Å². The maximum absolute atomic E-state index is 6.04. The molecule has 25 heavy (non-hydrogen) atoms. The number of pyridine rings is 1. The summed E-state index contributed by atoms with van der Waals surface area (Å²) >= 11 is 1.83. The van der Waals surface area contributed by atoms with Crippen molar-refractivity contribution in [3.05, 3.63) is 59.4 Å². The molecule has 0 aromatic carbocycles. The van der Waals surface area contributed by atoms with Crippen LogP contribution in [0.1, 0.15) is 23.3 Å². The van der Waals surface area contributed by atoms with Gasteiger partial charge in [0.2, 0.25) is 0 Å². The van der Waals surface area contributed by atoms with Crippen molar-refractivity contribution < 1.29 is 4.74 Å². The van der Waals surface area contributed by atoms with Crippen LogP contribution in [-0.2, 0) is 17.9 Å². The highest BCUT2D eigenvalue weighted by Gasteiger charge is 2.20. The highest BCUT2D eigenvalue weighted by atomic mass is 32.1. The summed E-state index contributed by atoms with van der Waals surface area (Å²) < 4.78 is 6.04. The number of rotatable bonds is 6. The van der Waals surface area contributed by atoms with Gasteiger partial charge in [0.1, 0.15) is 5.69 Å². The number of hydrogen-bond donors (Lipinski definition) is 1. The van der Waals surface area contributed by atoms with Crippen LogP contribution >= 0.6 is 11.3 Å². The van der Waals surface area contributed by atoms with E-state index >= 15 is 0 Å². The summed E-state index contributed by atoms with van der Waals surface area (Å²) in [6, 6.07) is 10.4. The number of thiophene rings is 1. The molecule has 0 atom stereocenters. The zero-order valence-electron chi connectivity index (χ0n) is 14.1. The van der Waals surface area contributed by atoms with Crippen LogP contribution in [0.5, 0.6) is 0 Å². The van der Waals surface area contributed by atoms with Gasteiger partial charge in [0.15, 0.2) is 0 Å². The Balaban J connectivity index is 1.24. The molecule has 0 bridgehead atoms. The molecule has 130 valence electrons. The van der Waals surface area contributed by atoms with E-state index in [2.05, 4.69) is 38.3 Å². The second kappa shape index (κ2) is 7.91. The normalized spacial score (nSPS) is 16.3. The molecule has 6 heteroatoms. The molecule has 5 nitrogen and oxygen atoms in total. The summed E-state index contributed by atoms with van der Waals surface area (Å²) in [6.07, 6.45) is 8.09. The number of piperidine rings is 1. The Morgan fingerprint density at radius 2 is 2.12 bits per heavy atom. The highest BCUT2D eigenvalue weighted by Crippen LogP contribution is 2.28. The number of nitrogens with zero attached hydrogens (tertiary/aromatic N) is 3. The number of ether oxygens (including phenoxy) is 1. The van der Waals surface area contributed by atoms with Crippen molar-refractivity contribution in [2.75, 3.05) is 13.1 Å². The second-order valence-corrected chi connectivity index (χ2v) is 7.54. The molecule has 4 rings (SSSR count). The smallest absolute Gasteiger partial charge is 0.102 e. The molecular formula is C19H22N4OS. The molecule has 1 N–H and O–H groups in total. The predicted molar refractivity (Wildman–Crippen MR) is 99.2 cm³/mol. The van der Waals surface area contributed by atoms with Crippen LogP contribution in [0.3, 0.4) is 0 Å². The first-order chi connectivity index (χ1) is 12.4. The van der Waals surface area contributed by atoms with E-state index in [1.54, 1.807) is 6.20 Å². The fourth-order valence-electron chi connectivity index (χ4n) is 3.15. The quantitative estimate of drug-likeness (QED) is 0.733. The lowest BCUT2D eigenvalue weighted by Crippen LogP contribution is -2.36. The van der Waals surface area contributed by atoms with Crippen LogP contribution in [0.4, 0.5) is 0 Å². The number of H-pyrrole nitrogens is 1. The van der Waals surface area contributed by atoms with Gasteiger partial charge in [-0.2, -0.15) is 5.10 Å². The van der Waals surface area contributed by atoms with Crippen molar-refractivity contribution in [3.63, 3.8) is 0 Å². The van der Waals surface area contributed by atoms with Crippen molar-refractivity contribution >= 4 is 11.3 Å². The van der Waals surface area contributed by atoms with Gasteiger partial charge in [-0.05, 0) is 42.7 Å². The fraction of sp³-hybridized carbons (Fsp3) is 0.368. The maximum atomic E-state index is 6.04. The summed E-state index contributed by atoms with van der Waals surface area (Å²) in [6.45, 7) is 3.86. The number of likely N-dealkylation sites (tertiary alicyclic amines) is 1. The van der Waals surface area contributed by atoms with Crippen molar-refractivity contribution in [1.29, 1.82) is 0 Å². The first-order valence-electron chi connectivity index (χ1n) is 8.68. The van der Waals surface area contributed by atoms with Gasteiger partial charge in [-0.1, -0.05) is 6.07 Å². The standard InChI is InChI=1S/C19H22N4OS/c1-2-15(12-20-8-1)14-24-16-6-10-23(11-7-16)13-17-3-4-19(25-17)18-5-9-21-22-18/h1-5,8-9,12,16H,6-7,10-11,13-14H2,(H,21,22). The van der Waals surface area contributed by atoms with Crippen LogP contribution in [0.15, 0.2) is 48.9 Å². The Morgan fingerprint density at radius 1 is 1.20 bits per heavy atom. The van der Waals surface area contributed by atoms with Crippen molar-refractivity contribution in [2.45, 2.75) is 32.1 Å². The SMILES string of the molecule is c1cncc(COC2CCN(Cc3ccc(-c4cc[nH]n4)s3)CC2)c1. The van der Waals surface area contributed by atoms with E-state index in [0.717, 1.165) is 43.7 Å². The summed E-state index contributed by atoms with van der Waals surface area (Å²) in [5.74, 6) is 0. The summed E-state index contributed by atoms with van der Waals surface area (Å²) in [5.41, 5.74) is 2.17. The molecule has 0 saturated carbocycles. The highest BCUT2D eigenvalue weighted by molar-refractivity contribution is 7.15. The van der Waals surface area contributed by atoms with E-state index < -0.39 is 0 Å². The van der Waals surface area contributed by atoms with Gasteiger partial charge in [-0.3, -0.25) is 15.0 Å². The van der Waals surface area contributed by atoms with E-state index in [-0.39, 0.29) is 0 Å². The van der Waals surface area contributed by atoms with Crippen LogP contribution < -0.4 is 0 Å². The lowest BCUT2D eigenvalue weighted by molar-refractivity contribution is -0.00386. The molecule has 1 fully saturated rings. The average Bonchev–Trinajstić information content (AvgIpc) is 3.34. The molecule has 4 heterocycles. The number of aromatic amines is 1. The van der Waals surface area contributed by atoms with E-state index in [0.29, 0.717) is 12.7 Å². The molecule has 0 radical (unpaired) electrons. The monoisotopic (exact) mass is 354 g/mol. The minimum Gasteiger partial charge on any atom is -0.373 e. The van der Waals surface area contributed by atoms with E-state index in [9.17, 15) is 0 Å². The van der Waals surface area contributed by atoms with Crippen molar-refractivity contribution in [3.8, 4) is 10.6 Å². The zero-order valence-corrected chi connectivity index (χ0v) is 14.9. The first-order valence-corrected chi connectivity index (χ1v) is 9.50. The van der Waals surface area contributed by atoms with Crippen molar-refractivity contribution in [2.24, 2.45) is 0 Å². The second-order valence-electron chi connectivity index (χ2n) is 6.37. The van der Waals surface area contributed by atoms with Gasteiger partial charge in [0.05, 0.1) is 17.6 Å². The molecule has 3 aromatic heterocycles. The first kappa shape index (κ1) is 16.4. The fourth-order valence-corrected chi connectivity index (χ4v) is 4.17. The van der Waals surface area contributed by atoms with Crippen LogP contribution in [-0.4, -0.2) is 39.3 Å². The lowest BCUT2D eigenvalue weighted by Gasteiger charge is -2.31. The minimum absolute atomic E-state index is 0.361. The third kappa shape index (κ3) is 4.34. The molecule has 1 saturated heterocycles. The van der Waals surface area contributed by atoms with Gasteiger partial charge >= 0.3 is 0 Å². The third-order valence-corrected chi connectivity index (χ3v) is 5.63. The lowest BCUT2D eigenvalue weighted by atomic mass is 10.1.